The van der Waals surface area contributed by atoms with Crippen LogP contribution in [-0.4, -0.2) is 6.61 Å². The minimum atomic E-state index is 0.739. The molecular weight excluding hydrogens is 436 g/mol. The summed E-state index contributed by atoms with van der Waals surface area (Å²) in [5, 5.41) is 0. The Morgan fingerprint density at radius 3 is 2.25 bits per heavy atom. The van der Waals surface area contributed by atoms with Crippen molar-refractivity contribution in [1.82, 2.24) is 0 Å². The summed E-state index contributed by atoms with van der Waals surface area (Å²) in [4.78, 5) is 0. The Hall–Kier alpha value is -1.50. The predicted octanol–water partition coefficient (Wildman–Crippen LogP) is 11.5. The lowest BCUT2D eigenvalue weighted by molar-refractivity contribution is 0.298. The Morgan fingerprint density at radius 1 is 0.889 bits per heavy atom. The van der Waals surface area contributed by atoms with Crippen LogP contribution in [0.3, 0.4) is 0 Å². The van der Waals surface area contributed by atoms with Crippen molar-refractivity contribution in [2.24, 2.45) is 5.92 Å². The topological polar surface area (TPSA) is 9.23 Å². The van der Waals surface area contributed by atoms with Crippen LogP contribution >= 0.6 is 0 Å². The number of hydrogen-bond acceptors (Lipinski definition) is 1. The van der Waals surface area contributed by atoms with Crippen molar-refractivity contribution in [1.29, 1.82) is 0 Å². The van der Waals surface area contributed by atoms with Gasteiger partial charge >= 0.3 is 0 Å². The van der Waals surface area contributed by atoms with Crippen LogP contribution in [-0.2, 0) is 6.42 Å². The summed E-state index contributed by atoms with van der Waals surface area (Å²) in [6, 6.07) is 4.59. The first-order valence-electron chi connectivity index (χ1n) is 15.2. The monoisotopic (exact) mass is 495 g/mol. The molecule has 0 saturated heterocycles. The zero-order valence-electron chi connectivity index (χ0n) is 25.2. The molecule has 0 aromatic heterocycles. The molecule has 0 aliphatic carbocycles. The second-order valence-corrected chi connectivity index (χ2v) is 11.3. The molecule has 1 atom stereocenters. The highest BCUT2D eigenvalue weighted by Gasteiger charge is 2.11. The first-order valence-corrected chi connectivity index (χ1v) is 15.2. The Kier molecular flexibility index (Phi) is 18.6. The van der Waals surface area contributed by atoms with E-state index >= 15 is 0 Å². The molecule has 0 bridgehead atoms. The van der Waals surface area contributed by atoms with Crippen LogP contribution in [0.4, 0.5) is 0 Å². The number of aryl methyl sites for hydroxylation is 2. The summed E-state index contributed by atoms with van der Waals surface area (Å²) in [5.41, 5.74) is 7.20. The third-order valence-electron chi connectivity index (χ3n) is 7.65. The van der Waals surface area contributed by atoms with Gasteiger partial charge in [0.05, 0.1) is 6.61 Å². The number of rotatable bonds is 21. The Morgan fingerprint density at radius 2 is 1.56 bits per heavy atom. The summed E-state index contributed by atoms with van der Waals surface area (Å²) in [6.07, 6.45) is 26.0. The molecule has 1 rings (SSSR count). The van der Waals surface area contributed by atoms with Crippen molar-refractivity contribution in [2.45, 2.75) is 145 Å². The molecule has 1 aromatic carbocycles. The first-order chi connectivity index (χ1) is 17.4. The second-order valence-electron chi connectivity index (χ2n) is 11.3. The summed E-state index contributed by atoms with van der Waals surface area (Å²) < 4.78 is 6.37. The lowest BCUT2D eigenvalue weighted by Crippen LogP contribution is -2.05. The predicted molar refractivity (Wildman–Crippen MR) is 162 cm³/mol. The number of ether oxygens (including phenoxy) is 1. The van der Waals surface area contributed by atoms with Gasteiger partial charge in [-0.1, -0.05) is 87.8 Å². The summed E-state index contributed by atoms with van der Waals surface area (Å²) >= 11 is 0. The van der Waals surface area contributed by atoms with E-state index in [4.69, 9.17) is 4.74 Å². The van der Waals surface area contributed by atoms with Gasteiger partial charge in [0.1, 0.15) is 5.75 Å². The van der Waals surface area contributed by atoms with Crippen LogP contribution in [0.5, 0.6) is 5.75 Å². The van der Waals surface area contributed by atoms with Crippen LogP contribution in [0, 0.1) is 26.2 Å². The SMILES string of the molecule is C[CH-]CC/C=C(\C)CCC/C(C)=C/CCC(C)CCc1ccc(C)c(C)c1OCCCCCCCC. The minimum Gasteiger partial charge on any atom is -0.493 e. The molecule has 0 amide bonds. The molecule has 36 heavy (non-hydrogen) atoms. The molecule has 1 unspecified atom stereocenters. The van der Waals surface area contributed by atoms with Gasteiger partial charge in [-0.3, -0.25) is 0 Å². The van der Waals surface area contributed by atoms with Gasteiger partial charge in [-0.05, 0) is 102 Å². The van der Waals surface area contributed by atoms with Gasteiger partial charge in [-0.2, -0.15) is 13.3 Å². The van der Waals surface area contributed by atoms with Gasteiger partial charge in [0.2, 0.25) is 0 Å². The maximum Gasteiger partial charge on any atom is 0.125 e. The van der Waals surface area contributed by atoms with Gasteiger partial charge < -0.3 is 11.2 Å². The zero-order chi connectivity index (χ0) is 26.6. The quantitative estimate of drug-likeness (QED) is 0.0935. The molecule has 206 valence electrons. The van der Waals surface area contributed by atoms with Gasteiger partial charge in [0.15, 0.2) is 0 Å². The molecule has 0 saturated carbocycles. The molecule has 0 radical (unpaired) electrons. The van der Waals surface area contributed by atoms with E-state index in [-0.39, 0.29) is 0 Å². The largest absolute Gasteiger partial charge is 0.493 e. The minimum absolute atomic E-state index is 0.739. The van der Waals surface area contributed by atoms with Gasteiger partial charge in [0.25, 0.3) is 0 Å². The number of benzene rings is 1. The molecule has 0 aliphatic rings. The summed E-state index contributed by atoms with van der Waals surface area (Å²) in [6.45, 7) is 16.7. The molecule has 1 nitrogen and oxygen atoms in total. The second kappa shape index (κ2) is 20.5. The summed E-state index contributed by atoms with van der Waals surface area (Å²) in [7, 11) is 0. The normalized spacial score (nSPS) is 13.3. The first kappa shape index (κ1) is 32.5. The van der Waals surface area contributed by atoms with Crippen molar-refractivity contribution >= 4 is 0 Å². The maximum absolute atomic E-state index is 6.37. The highest BCUT2D eigenvalue weighted by molar-refractivity contribution is 5.45. The Labute approximate surface area is 226 Å². The standard InChI is InChI=1S/C35H59O/c1-8-10-12-13-14-16-28-36-35-33(7)32(6)25-27-34(35)26-24-31(5)23-18-22-30(4)21-17-20-29(3)19-15-11-9-2/h9,19,22,25,27,31H,8,10-18,20-21,23-24,26,28H2,1-7H3/q-1/b29-19+,30-22+. The van der Waals surface area contributed by atoms with E-state index in [1.165, 1.54) is 112 Å². The fourth-order valence-corrected chi connectivity index (χ4v) is 4.81. The van der Waals surface area contributed by atoms with Crippen LogP contribution in [0.25, 0.3) is 0 Å². The van der Waals surface area contributed by atoms with Gasteiger partial charge in [0, 0.05) is 0 Å². The number of hydrogen-bond donors (Lipinski definition) is 0. The van der Waals surface area contributed by atoms with Gasteiger partial charge in [-0.15, -0.1) is 0 Å². The lowest BCUT2D eigenvalue weighted by atomic mass is 9.94. The third kappa shape index (κ3) is 14.9. The van der Waals surface area contributed by atoms with E-state index in [9.17, 15) is 0 Å². The van der Waals surface area contributed by atoms with Crippen LogP contribution < -0.4 is 4.74 Å². The fourth-order valence-electron chi connectivity index (χ4n) is 4.81. The molecule has 0 heterocycles. The average molecular weight is 496 g/mol. The molecule has 0 N–H and O–H groups in total. The molecule has 0 aliphatic heterocycles. The van der Waals surface area contributed by atoms with Crippen molar-refractivity contribution < 1.29 is 4.74 Å². The third-order valence-corrected chi connectivity index (χ3v) is 7.65. The Balaban J connectivity index is 2.39. The number of unbranched alkanes of at least 4 members (excludes halogenated alkanes) is 7. The number of allylic oxidation sites excluding steroid dienone is 4. The lowest BCUT2D eigenvalue weighted by Gasteiger charge is -2.18. The van der Waals surface area contributed by atoms with E-state index in [1.54, 1.807) is 11.1 Å². The maximum atomic E-state index is 6.37. The highest BCUT2D eigenvalue weighted by atomic mass is 16.5. The van der Waals surface area contributed by atoms with Crippen LogP contribution in [0.2, 0.25) is 0 Å². The van der Waals surface area contributed by atoms with Crippen molar-refractivity contribution in [3.8, 4) is 5.75 Å². The highest BCUT2D eigenvalue weighted by Crippen LogP contribution is 2.29. The molecule has 1 heteroatoms. The van der Waals surface area contributed by atoms with E-state index in [0.717, 1.165) is 18.9 Å². The van der Waals surface area contributed by atoms with E-state index in [2.05, 4.69) is 79.2 Å². The summed E-state index contributed by atoms with van der Waals surface area (Å²) in [5.74, 6) is 1.91. The van der Waals surface area contributed by atoms with E-state index in [0.29, 0.717) is 0 Å². The van der Waals surface area contributed by atoms with Crippen LogP contribution in [0.15, 0.2) is 35.4 Å². The molecule has 0 spiro atoms. The van der Waals surface area contributed by atoms with Crippen molar-refractivity contribution in [3.63, 3.8) is 0 Å². The van der Waals surface area contributed by atoms with E-state index < -0.39 is 0 Å². The molecular formula is C35H59O-. The van der Waals surface area contributed by atoms with Gasteiger partial charge in [-0.25, -0.2) is 0 Å². The fraction of sp³-hybridized carbons (Fsp3) is 0.686. The van der Waals surface area contributed by atoms with Crippen LogP contribution in [0.1, 0.15) is 141 Å². The smallest absolute Gasteiger partial charge is 0.125 e. The van der Waals surface area contributed by atoms with Crippen molar-refractivity contribution in [2.75, 3.05) is 6.61 Å². The zero-order valence-corrected chi connectivity index (χ0v) is 25.2. The molecule has 1 aromatic rings. The Bertz CT molecular complexity index is 754. The molecule has 0 fully saturated rings. The average Bonchev–Trinajstić information content (AvgIpc) is 2.85. The van der Waals surface area contributed by atoms with E-state index in [1.807, 2.05) is 0 Å². The van der Waals surface area contributed by atoms with Crippen molar-refractivity contribution in [3.05, 3.63) is 58.5 Å².